The van der Waals surface area contributed by atoms with Gasteiger partial charge in [0, 0.05) is 37.2 Å². The number of fused-ring (bicyclic) bond motifs is 2. The van der Waals surface area contributed by atoms with Crippen LogP contribution in [0.4, 0.5) is 5.95 Å². The van der Waals surface area contributed by atoms with Crippen molar-refractivity contribution >= 4 is 11.9 Å². The molecule has 3 aliphatic rings. The van der Waals surface area contributed by atoms with Gasteiger partial charge in [0.2, 0.25) is 11.9 Å². The molecule has 6 nitrogen and oxygen atoms in total. The van der Waals surface area contributed by atoms with E-state index >= 15 is 0 Å². The largest absolute Gasteiger partial charge is 0.362 e. The molecule has 23 heavy (non-hydrogen) atoms. The molecule has 1 aromatic heterocycles. The van der Waals surface area contributed by atoms with Gasteiger partial charge >= 0.3 is 0 Å². The summed E-state index contributed by atoms with van der Waals surface area (Å²) in [6.45, 7) is 6.73. The summed E-state index contributed by atoms with van der Waals surface area (Å²) in [4.78, 5) is 23.3. The number of likely N-dealkylation sites (tertiary alicyclic amines) is 1. The first-order valence-corrected chi connectivity index (χ1v) is 8.60. The highest BCUT2D eigenvalue weighted by atomic mass is 16.5. The van der Waals surface area contributed by atoms with Gasteiger partial charge in [-0.3, -0.25) is 4.79 Å². The van der Waals surface area contributed by atoms with Crippen LogP contribution in [-0.2, 0) is 21.7 Å². The van der Waals surface area contributed by atoms with E-state index in [0.717, 1.165) is 36.7 Å². The van der Waals surface area contributed by atoms with Gasteiger partial charge in [-0.05, 0) is 18.8 Å². The van der Waals surface area contributed by atoms with Gasteiger partial charge in [0.15, 0.2) is 0 Å². The molecule has 4 rings (SSSR count). The first-order chi connectivity index (χ1) is 11.1. The average Bonchev–Trinajstić information content (AvgIpc) is 3.19. The summed E-state index contributed by atoms with van der Waals surface area (Å²) >= 11 is 0. The molecule has 0 aromatic carbocycles. The SMILES string of the molecule is CC(C)C(=O)N1CC[C@@]2(C1)OCc1cnc(NCC3CC3)nc12. The van der Waals surface area contributed by atoms with Gasteiger partial charge in [-0.2, -0.15) is 0 Å². The van der Waals surface area contributed by atoms with E-state index < -0.39 is 5.60 Å². The van der Waals surface area contributed by atoms with Gasteiger partial charge in [-0.15, -0.1) is 0 Å². The fraction of sp³-hybridized carbons (Fsp3) is 0.706. The summed E-state index contributed by atoms with van der Waals surface area (Å²) in [6, 6.07) is 0. The summed E-state index contributed by atoms with van der Waals surface area (Å²) in [7, 11) is 0. The Balaban J connectivity index is 1.54. The molecule has 1 saturated heterocycles. The predicted octanol–water partition coefficient (Wildman–Crippen LogP) is 1.91. The second-order valence-electron chi connectivity index (χ2n) is 7.34. The van der Waals surface area contributed by atoms with Crippen molar-refractivity contribution in [3.8, 4) is 0 Å². The maximum Gasteiger partial charge on any atom is 0.225 e. The monoisotopic (exact) mass is 316 g/mol. The van der Waals surface area contributed by atoms with Gasteiger partial charge in [-0.1, -0.05) is 13.8 Å². The zero-order valence-corrected chi connectivity index (χ0v) is 13.8. The fourth-order valence-electron chi connectivity index (χ4n) is 3.48. The first kappa shape index (κ1) is 14.9. The van der Waals surface area contributed by atoms with Crippen LogP contribution in [0.5, 0.6) is 0 Å². The highest BCUT2D eigenvalue weighted by Crippen LogP contribution is 2.42. The number of aromatic nitrogens is 2. The fourth-order valence-corrected chi connectivity index (χ4v) is 3.48. The molecule has 0 radical (unpaired) electrons. The van der Waals surface area contributed by atoms with Crippen molar-refractivity contribution in [1.29, 1.82) is 0 Å². The molecule has 6 heteroatoms. The van der Waals surface area contributed by atoms with Crippen molar-refractivity contribution in [2.75, 3.05) is 25.0 Å². The lowest BCUT2D eigenvalue weighted by Gasteiger charge is -2.24. The predicted molar refractivity (Wildman–Crippen MR) is 85.7 cm³/mol. The van der Waals surface area contributed by atoms with E-state index in [0.29, 0.717) is 19.1 Å². The molecule has 1 aliphatic carbocycles. The quantitative estimate of drug-likeness (QED) is 0.919. The van der Waals surface area contributed by atoms with Crippen LogP contribution in [0.3, 0.4) is 0 Å². The number of amides is 1. The Bertz CT molecular complexity index is 629. The summed E-state index contributed by atoms with van der Waals surface area (Å²) in [5, 5.41) is 3.34. The minimum Gasteiger partial charge on any atom is -0.362 e. The molecular weight excluding hydrogens is 292 g/mol. The zero-order valence-electron chi connectivity index (χ0n) is 13.8. The second-order valence-corrected chi connectivity index (χ2v) is 7.34. The van der Waals surface area contributed by atoms with E-state index in [4.69, 9.17) is 9.72 Å². The van der Waals surface area contributed by atoms with Crippen LogP contribution < -0.4 is 5.32 Å². The van der Waals surface area contributed by atoms with Gasteiger partial charge in [0.05, 0.1) is 18.8 Å². The molecule has 2 aliphatic heterocycles. The minimum atomic E-state index is -0.432. The topological polar surface area (TPSA) is 67.4 Å². The maximum atomic E-state index is 12.3. The number of nitrogens with one attached hydrogen (secondary N) is 1. The highest BCUT2D eigenvalue weighted by Gasteiger charge is 2.48. The normalized spacial score (nSPS) is 26.1. The highest BCUT2D eigenvalue weighted by molar-refractivity contribution is 5.78. The Morgan fingerprint density at radius 3 is 3.09 bits per heavy atom. The molecule has 1 spiro atoms. The van der Waals surface area contributed by atoms with Gasteiger partial charge in [0.1, 0.15) is 5.60 Å². The number of hydrogen-bond acceptors (Lipinski definition) is 5. The van der Waals surface area contributed by atoms with Crippen LogP contribution in [0.2, 0.25) is 0 Å². The van der Waals surface area contributed by atoms with E-state index in [1.165, 1.54) is 12.8 Å². The van der Waals surface area contributed by atoms with E-state index in [1.54, 1.807) is 0 Å². The van der Waals surface area contributed by atoms with E-state index in [-0.39, 0.29) is 11.8 Å². The lowest BCUT2D eigenvalue weighted by molar-refractivity contribution is -0.135. The van der Waals surface area contributed by atoms with Crippen molar-refractivity contribution in [3.05, 3.63) is 17.5 Å². The van der Waals surface area contributed by atoms with Crippen LogP contribution in [0.15, 0.2) is 6.20 Å². The molecule has 1 aromatic rings. The van der Waals surface area contributed by atoms with Crippen LogP contribution in [0.25, 0.3) is 0 Å². The number of ether oxygens (including phenoxy) is 1. The summed E-state index contributed by atoms with van der Waals surface area (Å²) in [5.41, 5.74) is 1.60. The number of rotatable bonds is 4. The smallest absolute Gasteiger partial charge is 0.225 e. The molecule has 1 N–H and O–H groups in total. The second kappa shape index (κ2) is 5.44. The van der Waals surface area contributed by atoms with Gasteiger partial charge in [-0.25, -0.2) is 9.97 Å². The van der Waals surface area contributed by atoms with Crippen LogP contribution in [0, 0.1) is 11.8 Å². The Hall–Kier alpha value is -1.69. The number of hydrogen-bond donors (Lipinski definition) is 1. The van der Waals surface area contributed by atoms with Gasteiger partial charge < -0.3 is 15.0 Å². The number of carbonyl (C=O) groups is 1. The van der Waals surface area contributed by atoms with Crippen molar-refractivity contribution in [2.45, 2.75) is 45.3 Å². The average molecular weight is 316 g/mol. The third kappa shape index (κ3) is 2.69. The molecule has 124 valence electrons. The summed E-state index contributed by atoms with van der Waals surface area (Å²) in [6.07, 6.45) is 5.30. The van der Waals surface area contributed by atoms with E-state index in [2.05, 4.69) is 10.3 Å². The molecule has 2 fully saturated rings. The number of nitrogens with zero attached hydrogens (tertiary/aromatic N) is 3. The lowest BCUT2D eigenvalue weighted by atomic mass is 9.97. The van der Waals surface area contributed by atoms with E-state index in [1.807, 2.05) is 24.9 Å². The third-order valence-corrected chi connectivity index (χ3v) is 5.08. The molecule has 0 bridgehead atoms. The third-order valence-electron chi connectivity index (χ3n) is 5.08. The molecule has 1 atom stereocenters. The Morgan fingerprint density at radius 2 is 2.35 bits per heavy atom. The Morgan fingerprint density at radius 1 is 1.52 bits per heavy atom. The molecule has 1 amide bonds. The van der Waals surface area contributed by atoms with Crippen LogP contribution >= 0.6 is 0 Å². The van der Waals surface area contributed by atoms with Gasteiger partial charge in [0.25, 0.3) is 0 Å². The van der Waals surface area contributed by atoms with Crippen molar-refractivity contribution in [3.63, 3.8) is 0 Å². The zero-order chi connectivity index (χ0) is 16.0. The molecule has 1 saturated carbocycles. The lowest BCUT2D eigenvalue weighted by Crippen LogP contribution is -2.36. The molecule has 3 heterocycles. The molecule has 0 unspecified atom stereocenters. The minimum absolute atomic E-state index is 0.0205. The Labute approximate surface area is 136 Å². The van der Waals surface area contributed by atoms with E-state index in [9.17, 15) is 4.79 Å². The van der Waals surface area contributed by atoms with Crippen molar-refractivity contribution in [1.82, 2.24) is 14.9 Å². The Kier molecular flexibility index (Phi) is 3.52. The van der Waals surface area contributed by atoms with Crippen molar-refractivity contribution < 1.29 is 9.53 Å². The van der Waals surface area contributed by atoms with Crippen molar-refractivity contribution in [2.24, 2.45) is 11.8 Å². The number of carbonyl (C=O) groups excluding carboxylic acids is 1. The maximum absolute atomic E-state index is 12.3. The van der Waals surface area contributed by atoms with Crippen LogP contribution in [-0.4, -0.2) is 40.4 Å². The van der Waals surface area contributed by atoms with Crippen LogP contribution in [0.1, 0.15) is 44.4 Å². The number of anilines is 1. The summed E-state index contributed by atoms with van der Waals surface area (Å²) < 4.78 is 6.10. The first-order valence-electron chi connectivity index (χ1n) is 8.60. The summed E-state index contributed by atoms with van der Waals surface area (Å²) in [5.74, 6) is 1.68. The molecular formula is C17H24N4O2. The standard InChI is InChI=1S/C17H24N4O2/c1-11(2)15(22)21-6-5-17(10-21)14-13(9-23-17)8-19-16(20-14)18-7-12-3-4-12/h8,11-12H,3-7,9-10H2,1-2H3,(H,18,19,20)/t17-/m0/s1.